The summed E-state index contributed by atoms with van der Waals surface area (Å²) < 4.78 is 109. The van der Waals surface area contributed by atoms with E-state index >= 15 is 0 Å². The van der Waals surface area contributed by atoms with E-state index < -0.39 is 47.4 Å². The van der Waals surface area contributed by atoms with Gasteiger partial charge >= 0.3 is 38.3 Å². The van der Waals surface area contributed by atoms with E-state index in [0.717, 1.165) is 6.07 Å². The second-order valence-electron chi connectivity index (χ2n) is 3.19. The van der Waals surface area contributed by atoms with Crippen molar-refractivity contribution in [2.24, 2.45) is 0 Å². The fourth-order valence-corrected chi connectivity index (χ4v) is 1.04. The van der Waals surface area contributed by atoms with Gasteiger partial charge in [0.1, 0.15) is 0 Å². The Morgan fingerprint density at radius 2 is 0.947 bits per heavy atom. The summed E-state index contributed by atoms with van der Waals surface area (Å²) in [6, 6.07) is 0.0440. The molecule has 1 radical (unpaired) electrons. The molecule has 0 spiro atoms. The van der Waals surface area contributed by atoms with Crippen LogP contribution < -0.4 is 0 Å². The molecule has 1 aromatic rings. The van der Waals surface area contributed by atoms with Crippen LogP contribution in [0.1, 0.15) is 16.7 Å². The van der Waals surface area contributed by atoms with Gasteiger partial charge in [0.25, 0.3) is 0 Å². The van der Waals surface area contributed by atoms with Crippen molar-refractivity contribution in [1.29, 1.82) is 0 Å². The summed E-state index contributed by atoms with van der Waals surface area (Å²) in [5.41, 5.74) is -6.27. The van der Waals surface area contributed by atoms with Crippen molar-refractivity contribution >= 4 is 19.8 Å². The summed E-state index contributed by atoms with van der Waals surface area (Å²) in [7, 11) is 0. The van der Waals surface area contributed by atoms with Gasteiger partial charge in [-0.05, 0) is 12.1 Å². The summed E-state index contributed by atoms with van der Waals surface area (Å²) >= 11 is 0. The minimum absolute atomic E-state index is 0. The second-order valence-corrected chi connectivity index (χ2v) is 3.19. The Morgan fingerprint density at radius 1 is 0.632 bits per heavy atom. The van der Waals surface area contributed by atoms with E-state index in [-0.39, 0.29) is 19.8 Å². The topological polar surface area (TPSA) is 0 Å². The molecule has 0 aliphatic carbocycles. The molecule has 0 atom stereocenters. The normalized spacial score (nSPS) is 13.1. The summed E-state index contributed by atoms with van der Waals surface area (Å²) in [6.45, 7) is 0. The maximum atomic E-state index is 12.2. The second kappa shape index (κ2) is 5.31. The monoisotopic (exact) mass is 353 g/mol. The maximum absolute atomic E-state index is 12.2. The van der Waals surface area contributed by atoms with E-state index in [0.29, 0.717) is 0 Å². The molecule has 19 heavy (non-hydrogen) atoms. The van der Waals surface area contributed by atoms with Crippen LogP contribution in [0.15, 0.2) is 12.1 Å². The SMILES string of the molecule is FC(F)(F)c1[c]c(C(F)(F)F)cc(C(F)(F)F)c1.[GaH3]. The van der Waals surface area contributed by atoms with Crippen molar-refractivity contribution in [3.8, 4) is 0 Å². The Balaban J connectivity index is 0.00000324. The number of hydrogen-bond acceptors (Lipinski definition) is 0. The van der Waals surface area contributed by atoms with Gasteiger partial charge < -0.3 is 0 Å². The van der Waals surface area contributed by atoms with Crippen LogP contribution in [0, 0.1) is 6.07 Å². The minimum atomic E-state index is -5.35. The molecule has 0 nitrogen and oxygen atoms in total. The summed E-state index contributed by atoms with van der Waals surface area (Å²) in [5.74, 6) is 0. The number of halogens is 9. The first-order valence-corrected chi connectivity index (χ1v) is 4.11. The molecule has 0 heterocycles. The van der Waals surface area contributed by atoms with E-state index in [2.05, 4.69) is 0 Å². The number of alkyl halides is 9. The summed E-state index contributed by atoms with van der Waals surface area (Å²) in [5, 5.41) is 0. The molecule has 0 aliphatic heterocycles. The van der Waals surface area contributed by atoms with Crippen molar-refractivity contribution in [3.05, 3.63) is 34.9 Å². The Morgan fingerprint density at radius 3 is 1.16 bits per heavy atom. The van der Waals surface area contributed by atoms with E-state index in [1.54, 1.807) is 0 Å². The third-order valence-electron chi connectivity index (χ3n) is 1.81. The number of benzene rings is 1. The van der Waals surface area contributed by atoms with Gasteiger partial charge in [0.05, 0.1) is 16.7 Å². The molecule has 0 unspecified atom stereocenters. The fraction of sp³-hybridized carbons (Fsp3) is 0.333. The number of hydrogen-bond donors (Lipinski definition) is 0. The third-order valence-corrected chi connectivity index (χ3v) is 1.81. The molecule has 0 bridgehead atoms. The quantitative estimate of drug-likeness (QED) is 0.495. The van der Waals surface area contributed by atoms with Gasteiger partial charge in [0.2, 0.25) is 0 Å². The Labute approximate surface area is 113 Å². The van der Waals surface area contributed by atoms with Gasteiger partial charge in [-0.25, -0.2) is 0 Å². The Bertz CT molecular complexity index is 361. The first-order valence-electron chi connectivity index (χ1n) is 4.11. The molecule has 0 aliphatic rings. The molecule has 107 valence electrons. The molecule has 0 N–H and O–H groups in total. The molecule has 0 amide bonds. The average molecular weight is 354 g/mol. The average Bonchev–Trinajstić information content (AvgIpc) is 2.13. The molecule has 1 rings (SSSR count). The van der Waals surface area contributed by atoms with Crippen LogP contribution in [0.3, 0.4) is 0 Å². The molecule has 0 saturated carbocycles. The predicted octanol–water partition coefficient (Wildman–Crippen LogP) is 3.36. The van der Waals surface area contributed by atoms with Crippen molar-refractivity contribution in [1.82, 2.24) is 0 Å². The van der Waals surface area contributed by atoms with Gasteiger partial charge in [-0.1, -0.05) is 0 Å². The van der Waals surface area contributed by atoms with Crippen LogP contribution in [0.2, 0.25) is 0 Å². The van der Waals surface area contributed by atoms with E-state index in [9.17, 15) is 39.5 Å². The molecular formula is C9H5F9Ga. The fourth-order valence-electron chi connectivity index (χ4n) is 1.04. The Kier molecular flexibility index (Phi) is 5.09. The van der Waals surface area contributed by atoms with Crippen molar-refractivity contribution in [3.63, 3.8) is 0 Å². The zero-order valence-corrected chi connectivity index (χ0v) is 8.06. The van der Waals surface area contributed by atoms with Crippen LogP contribution >= 0.6 is 0 Å². The molecule has 0 saturated heterocycles. The molecule has 1 aromatic carbocycles. The predicted molar refractivity (Wildman–Crippen MR) is 50.2 cm³/mol. The molecule has 0 fully saturated rings. The van der Waals surface area contributed by atoms with Crippen LogP contribution in [0.5, 0.6) is 0 Å². The van der Waals surface area contributed by atoms with Gasteiger partial charge in [-0.15, -0.1) is 0 Å². The third kappa shape index (κ3) is 4.68. The zero-order chi connectivity index (χ0) is 14.4. The summed E-state index contributed by atoms with van der Waals surface area (Å²) in [4.78, 5) is 0. The van der Waals surface area contributed by atoms with Gasteiger partial charge in [0, 0.05) is 6.07 Å². The van der Waals surface area contributed by atoms with E-state index in [1.807, 2.05) is 0 Å². The van der Waals surface area contributed by atoms with Crippen LogP contribution in [-0.2, 0) is 18.5 Å². The van der Waals surface area contributed by atoms with Gasteiger partial charge in [-0.3, -0.25) is 0 Å². The van der Waals surface area contributed by atoms with Crippen molar-refractivity contribution < 1.29 is 39.5 Å². The molecular weight excluding hydrogens is 349 g/mol. The standard InChI is InChI=1S/C9H2F9.Ga.3H/c10-7(11,12)4-1-5(8(13,14)15)3-6(2-4)9(16,17)18;;;;/h1-2H;;;;. The van der Waals surface area contributed by atoms with Gasteiger partial charge in [-0.2, -0.15) is 39.5 Å². The Hall–Kier alpha value is -0.774. The van der Waals surface area contributed by atoms with Gasteiger partial charge in [0.15, 0.2) is 0 Å². The van der Waals surface area contributed by atoms with E-state index in [4.69, 9.17) is 0 Å². The molecule has 0 aromatic heterocycles. The van der Waals surface area contributed by atoms with Crippen LogP contribution in [0.4, 0.5) is 39.5 Å². The first-order chi connectivity index (χ1) is 7.82. The van der Waals surface area contributed by atoms with Crippen LogP contribution in [-0.4, -0.2) is 19.8 Å². The van der Waals surface area contributed by atoms with E-state index in [1.165, 1.54) is 0 Å². The summed E-state index contributed by atoms with van der Waals surface area (Å²) in [6.07, 6.45) is -16.0. The first kappa shape index (κ1) is 18.2. The zero-order valence-electron chi connectivity index (χ0n) is 8.06. The number of rotatable bonds is 0. The van der Waals surface area contributed by atoms with Crippen LogP contribution in [0.25, 0.3) is 0 Å². The van der Waals surface area contributed by atoms with Crippen molar-refractivity contribution in [2.75, 3.05) is 0 Å². The molecule has 10 heteroatoms. The van der Waals surface area contributed by atoms with Crippen molar-refractivity contribution in [2.45, 2.75) is 18.5 Å².